The average molecular weight is 547 g/mol. The zero-order chi connectivity index (χ0) is 27.2. The molecule has 5 rings (SSSR count). The molecule has 3 heterocycles. The van der Waals surface area contributed by atoms with Crippen LogP contribution < -0.4 is 14.8 Å². The van der Waals surface area contributed by atoms with Gasteiger partial charge in [0.1, 0.15) is 36.9 Å². The Bertz CT molecular complexity index is 1430. The molecule has 0 radical (unpaired) electrons. The molecule has 1 unspecified atom stereocenters. The van der Waals surface area contributed by atoms with Crippen molar-refractivity contribution in [3.05, 3.63) is 77.8 Å². The molecule has 1 aliphatic rings. The van der Waals surface area contributed by atoms with Gasteiger partial charge in [-0.1, -0.05) is 23.7 Å². The molecule has 1 amide bonds. The van der Waals surface area contributed by atoms with E-state index in [1.54, 1.807) is 12.3 Å². The normalized spacial score (nSPS) is 15.1. The zero-order valence-corrected chi connectivity index (χ0v) is 22.8. The Kier molecular flexibility index (Phi) is 8.39. The van der Waals surface area contributed by atoms with Crippen molar-refractivity contribution in [2.75, 3.05) is 39.1 Å². The van der Waals surface area contributed by atoms with Gasteiger partial charge in [0.25, 0.3) is 0 Å². The van der Waals surface area contributed by atoms with Gasteiger partial charge in [0, 0.05) is 18.4 Å². The van der Waals surface area contributed by atoms with Crippen LogP contribution in [0.5, 0.6) is 11.5 Å². The molecule has 2 aromatic carbocycles. The first kappa shape index (κ1) is 26.6. The summed E-state index contributed by atoms with van der Waals surface area (Å²) < 4.78 is 12.2. The maximum atomic E-state index is 12.7. The molecule has 4 aromatic rings. The summed E-state index contributed by atoms with van der Waals surface area (Å²) in [7, 11) is 3.81. The summed E-state index contributed by atoms with van der Waals surface area (Å²) >= 11 is 6.53. The van der Waals surface area contributed by atoms with E-state index < -0.39 is 0 Å². The van der Waals surface area contributed by atoms with Gasteiger partial charge in [0.15, 0.2) is 0 Å². The lowest BCUT2D eigenvalue weighted by Gasteiger charge is -2.26. The lowest BCUT2D eigenvalue weighted by atomic mass is 10.2. The number of ether oxygens (including phenoxy) is 2. The van der Waals surface area contributed by atoms with Crippen molar-refractivity contribution < 1.29 is 14.3 Å². The first-order valence-corrected chi connectivity index (χ1v) is 13.3. The molecular formula is C29H31ClN6O3. The average Bonchev–Trinajstić information content (AvgIpc) is 3.41. The number of nitrogens with one attached hydrogen (secondary N) is 1. The summed E-state index contributed by atoms with van der Waals surface area (Å²) in [6.07, 6.45) is 5.13. The lowest BCUT2D eigenvalue weighted by Crippen LogP contribution is -2.43. The van der Waals surface area contributed by atoms with Crippen LogP contribution in [0.4, 0.5) is 11.5 Å². The molecule has 9 nitrogen and oxygen atoms in total. The number of halogens is 1. The predicted molar refractivity (Wildman–Crippen MR) is 152 cm³/mol. The number of rotatable bonds is 10. The highest BCUT2D eigenvalue weighted by molar-refractivity contribution is 6.32. The molecule has 0 aliphatic carbocycles. The number of hydrogen-bond donors (Lipinski definition) is 1. The van der Waals surface area contributed by atoms with Crippen LogP contribution in [0.3, 0.4) is 0 Å². The van der Waals surface area contributed by atoms with Crippen molar-refractivity contribution in [1.29, 1.82) is 0 Å². The molecule has 39 heavy (non-hydrogen) atoms. The summed E-state index contributed by atoms with van der Waals surface area (Å²) in [6, 6.07) is 16.9. The molecular weight excluding hydrogens is 516 g/mol. The molecule has 202 valence electrons. The fourth-order valence-electron chi connectivity index (χ4n) is 4.65. The molecule has 10 heteroatoms. The Morgan fingerprint density at radius 2 is 1.97 bits per heavy atom. The van der Waals surface area contributed by atoms with E-state index in [1.807, 2.05) is 72.4 Å². The SMILES string of the molecule is CN(C)CC(=O)N1CCCC1COc1cccc2ncnc(Nc3ccc(OCc4ccccn4)c(Cl)c3)c12. The maximum absolute atomic E-state index is 12.7. The smallest absolute Gasteiger partial charge is 0.237 e. The number of carbonyl (C=O) groups excluding carboxylic acids is 1. The predicted octanol–water partition coefficient (Wildman–Crippen LogP) is 4.93. The van der Waals surface area contributed by atoms with Crippen LogP contribution in [-0.4, -0.2) is 70.5 Å². The molecule has 1 aliphatic heterocycles. The minimum Gasteiger partial charge on any atom is -0.491 e. The van der Waals surface area contributed by atoms with E-state index in [9.17, 15) is 4.79 Å². The Balaban J connectivity index is 1.31. The second-order valence-electron chi connectivity index (χ2n) is 9.68. The standard InChI is InChI=1S/C29H31ClN6O3/c1-35(2)16-27(37)36-14-6-8-22(36)18-39-26-10-5-9-24-28(26)29(33-19-32-24)34-20-11-12-25(23(30)15-20)38-17-21-7-3-4-13-31-21/h3-5,7,9-13,15,19,22H,6,8,14,16-18H2,1-2H3,(H,32,33,34). The van der Waals surface area contributed by atoms with E-state index in [0.29, 0.717) is 42.1 Å². The minimum atomic E-state index is 0.0335. The van der Waals surface area contributed by atoms with Gasteiger partial charge in [0.2, 0.25) is 5.91 Å². The maximum Gasteiger partial charge on any atom is 0.237 e. The van der Waals surface area contributed by atoms with Gasteiger partial charge >= 0.3 is 0 Å². The highest BCUT2D eigenvalue weighted by Crippen LogP contribution is 2.34. The summed E-state index contributed by atoms with van der Waals surface area (Å²) in [4.78, 5) is 29.7. The number of amides is 1. The van der Waals surface area contributed by atoms with Gasteiger partial charge in [-0.3, -0.25) is 9.78 Å². The van der Waals surface area contributed by atoms with Crippen LogP contribution in [0, 0.1) is 0 Å². The van der Waals surface area contributed by atoms with Crippen LogP contribution in [0.15, 0.2) is 67.1 Å². The van der Waals surface area contributed by atoms with Crippen LogP contribution in [0.1, 0.15) is 18.5 Å². The Hall–Kier alpha value is -3.95. The first-order chi connectivity index (χ1) is 19.0. The number of pyridine rings is 1. The molecule has 0 saturated carbocycles. The van der Waals surface area contributed by atoms with Crippen molar-refractivity contribution >= 4 is 39.9 Å². The number of carbonyl (C=O) groups is 1. The third-order valence-electron chi connectivity index (χ3n) is 6.50. The van der Waals surface area contributed by atoms with Gasteiger partial charge in [-0.25, -0.2) is 9.97 Å². The monoisotopic (exact) mass is 546 g/mol. The summed E-state index contributed by atoms with van der Waals surface area (Å²) in [5.41, 5.74) is 2.31. The summed E-state index contributed by atoms with van der Waals surface area (Å²) in [5.74, 6) is 1.94. The molecule has 2 aromatic heterocycles. The largest absolute Gasteiger partial charge is 0.491 e. The molecule has 1 fully saturated rings. The van der Waals surface area contributed by atoms with Crippen molar-refractivity contribution in [2.24, 2.45) is 0 Å². The number of hydrogen-bond acceptors (Lipinski definition) is 8. The third kappa shape index (κ3) is 6.55. The number of likely N-dealkylation sites (N-methyl/N-ethyl adjacent to an activating group) is 1. The van der Waals surface area contributed by atoms with E-state index in [2.05, 4.69) is 20.3 Å². The Morgan fingerprint density at radius 3 is 2.77 bits per heavy atom. The van der Waals surface area contributed by atoms with Gasteiger partial charge in [0.05, 0.1) is 34.2 Å². The summed E-state index contributed by atoms with van der Waals surface area (Å²) in [5, 5.41) is 4.58. The van der Waals surface area contributed by atoms with Gasteiger partial charge in [-0.05, 0) is 69.4 Å². The van der Waals surface area contributed by atoms with E-state index in [-0.39, 0.29) is 11.9 Å². The first-order valence-electron chi connectivity index (χ1n) is 12.9. The van der Waals surface area contributed by atoms with E-state index >= 15 is 0 Å². The van der Waals surface area contributed by atoms with Gasteiger partial charge in [-0.2, -0.15) is 0 Å². The molecule has 1 saturated heterocycles. The topological polar surface area (TPSA) is 92.7 Å². The van der Waals surface area contributed by atoms with Crippen molar-refractivity contribution in [3.8, 4) is 11.5 Å². The van der Waals surface area contributed by atoms with Crippen LogP contribution >= 0.6 is 11.6 Å². The molecule has 0 bridgehead atoms. The number of likely N-dealkylation sites (tertiary alicyclic amines) is 1. The molecule has 1 atom stereocenters. The second kappa shape index (κ2) is 12.3. The fourth-order valence-corrected chi connectivity index (χ4v) is 4.88. The number of benzene rings is 2. The van der Waals surface area contributed by atoms with Crippen molar-refractivity contribution in [3.63, 3.8) is 0 Å². The van der Waals surface area contributed by atoms with Crippen LogP contribution in [-0.2, 0) is 11.4 Å². The van der Waals surface area contributed by atoms with E-state index in [1.165, 1.54) is 6.33 Å². The Morgan fingerprint density at radius 1 is 1.08 bits per heavy atom. The van der Waals surface area contributed by atoms with Crippen molar-refractivity contribution in [1.82, 2.24) is 24.8 Å². The highest BCUT2D eigenvalue weighted by atomic mass is 35.5. The van der Waals surface area contributed by atoms with Gasteiger partial charge < -0.3 is 24.6 Å². The number of fused-ring (bicyclic) bond motifs is 1. The molecule has 1 N–H and O–H groups in total. The fraction of sp³-hybridized carbons (Fsp3) is 0.310. The second-order valence-corrected chi connectivity index (χ2v) is 10.1. The minimum absolute atomic E-state index is 0.0335. The molecule has 0 spiro atoms. The van der Waals surface area contributed by atoms with Crippen LogP contribution in [0.25, 0.3) is 10.9 Å². The number of nitrogens with zero attached hydrogens (tertiary/aromatic N) is 5. The summed E-state index contributed by atoms with van der Waals surface area (Å²) in [6.45, 7) is 1.88. The quantitative estimate of drug-likeness (QED) is 0.299. The third-order valence-corrected chi connectivity index (χ3v) is 6.80. The van der Waals surface area contributed by atoms with E-state index in [4.69, 9.17) is 21.1 Å². The lowest BCUT2D eigenvalue weighted by molar-refractivity contribution is -0.133. The van der Waals surface area contributed by atoms with Crippen molar-refractivity contribution in [2.45, 2.75) is 25.5 Å². The number of anilines is 2. The van der Waals surface area contributed by atoms with Gasteiger partial charge in [-0.15, -0.1) is 0 Å². The Labute approximate surface area is 232 Å². The highest BCUT2D eigenvalue weighted by Gasteiger charge is 2.29. The number of aromatic nitrogens is 3. The van der Waals surface area contributed by atoms with E-state index in [0.717, 1.165) is 41.7 Å². The van der Waals surface area contributed by atoms with Crippen LogP contribution in [0.2, 0.25) is 5.02 Å². The zero-order valence-electron chi connectivity index (χ0n) is 22.0.